The molecular weight excluding hydrogens is 250 g/mol. The molecule has 0 saturated carbocycles. The van der Waals surface area contributed by atoms with Crippen LogP contribution < -0.4 is 14.8 Å². The zero-order chi connectivity index (χ0) is 14.2. The molecule has 0 spiro atoms. The van der Waals surface area contributed by atoms with Gasteiger partial charge in [-0.05, 0) is 30.7 Å². The van der Waals surface area contributed by atoms with Gasteiger partial charge in [-0.1, -0.05) is 39.2 Å². The zero-order valence-electron chi connectivity index (χ0n) is 12.8. The summed E-state index contributed by atoms with van der Waals surface area (Å²) >= 11 is 0. The number of benzene rings is 1. The van der Waals surface area contributed by atoms with Gasteiger partial charge < -0.3 is 14.8 Å². The molecule has 3 nitrogen and oxygen atoms in total. The summed E-state index contributed by atoms with van der Waals surface area (Å²) in [6.07, 6.45) is 5.97. The normalized spacial score (nSPS) is 15.7. The SMILES string of the molecule is CCCCCC(NCC)c1ccc2c(c1)OCCCO2. The second-order valence-electron chi connectivity index (χ2n) is 5.36. The van der Waals surface area contributed by atoms with Crippen LogP contribution in [0.3, 0.4) is 0 Å². The third-order valence-corrected chi connectivity index (χ3v) is 3.72. The zero-order valence-corrected chi connectivity index (χ0v) is 12.8. The van der Waals surface area contributed by atoms with E-state index in [1.165, 1.54) is 31.2 Å². The van der Waals surface area contributed by atoms with Crippen LogP contribution in [-0.4, -0.2) is 19.8 Å². The molecule has 1 unspecified atom stereocenters. The first-order valence-corrected chi connectivity index (χ1v) is 7.98. The van der Waals surface area contributed by atoms with Gasteiger partial charge in [0, 0.05) is 12.5 Å². The van der Waals surface area contributed by atoms with Crippen LogP contribution in [0.4, 0.5) is 0 Å². The smallest absolute Gasteiger partial charge is 0.161 e. The van der Waals surface area contributed by atoms with Gasteiger partial charge in [0.15, 0.2) is 11.5 Å². The predicted octanol–water partition coefficient (Wildman–Crippen LogP) is 4.08. The van der Waals surface area contributed by atoms with Gasteiger partial charge in [-0.15, -0.1) is 0 Å². The van der Waals surface area contributed by atoms with Crippen molar-refractivity contribution in [2.24, 2.45) is 0 Å². The minimum Gasteiger partial charge on any atom is -0.490 e. The molecule has 0 radical (unpaired) electrons. The molecule has 0 amide bonds. The highest BCUT2D eigenvalue weighted by molar-refractivity contribution is 5.44. The molecule has 1 heterocycles. The monoisotopic (exact) mass is 277 g/mol. The predicted molar refractivity (Wildman–Crippen MR) is 82.6 cm³/mol. The Balaban J connectivity index is 2.09. The van der Waals surface area contributed by atoms with Crippen molar-refractivity contribution in [2.75, 3.05) is 19.8 Å². The Labute approximate surface area is 122 Å². The molecule has 20 heavy (non-hydrogen) atoms. The molecule has 0 bridgehead atoms. The summed E-state index contributed by atoms with van der Waals surface area (Å²) in [7, 11) is 0. The quantitative estimate of drug-likeness (QED) is 0.762. The third kappa shape index (κ3) is 4.14. The van der Waals surface area contributed by atoms with Gasteiger partial charge in [0.25, 0.3) is 0 Å². The van der Waals surface area contributed by atoms with E-state index in [-0.39, 0.29) is 0 Å². The van der Waals surface area contributed by atoms with Gasteiger partial charge in [-0.3, -0.25) is 0 Å². The fraction of sp³-hybridized carbons (Fsp3) is 0.647. The summed E-state index contributed by atoms with van der Waals surface area (Å²) in [5.74, 6) is 1.79. The number of fused-ring (bicyclic) bond motifs is 1. The molecule has 1 aromatic rings. The lowest BCUT2D eigenvalue weighted by molar-refractivity contribution is 0.297. The summed E-state index contributed by atoms with van der Waals surface area (Å²) < 4.78 is 11.5. The first-order valence-electron chi connectivity index (χ1n) is 7.98. The van der Waals surface area contributed by atoms with E-state index in [0.29, 0.717) is 6.04 Å². The van der Waals surface area contributed by atoms with Crippen LogP contribution >= 0.6 is 0 Å². The summed E-state index contributed by atoms with van der Waals surface area (Å²) in [5, 5.41) is 3.58. The van der Waals surface area contributed by atoms with E-state index in [1.807, 2.05) is 0 Å². The van der Waals surface area contributed by atoms with E-state index in [9.17, 15) is 0 Å². The number of hydrogen-bond acceptors (Lipinski definition) is 3. The van der Waals surface area contributed by atoms with Crippen LogP contribution in [0.25, 0.3) is 0 Å². The van der Waals surface area contributed by atoms with Gasteiger partial charge in [-0.2, -0.15) is 0 Å². The van der Waals surface area contributed by atoms with Gasteiger partial charge in [0.2, 0.25) is 0 Å². The molecule has 0 aliphatic carbocycles. The summed E-state index contributed by atoms with van der Waals surface area (Å²) in [6.45, 7) is 6.90. The minimum atomic E-state index is 0.420. The maximum atomic E-state index is 5.79. The van der Waals surface area contributed by atoms with Crippen molar-refractivity contribution >= 4 is 0 Å². The molecule has 1 atom stereocenters. The average molecular weight is 277 g/mol. The lowest BCUT2D eigenvalue weighted by atomic mass is 10.00. The highest BCUT2D eigenvalue weighted by Gasteiger charge is 2.15. The van der Waals surface area contributed by atoms with Crippen molar-refractivity contribution < 1.29 is 9.47 Å². The molecule has 1 aliphatic heterocycles. The Kier molecular flexibility index (Phi) is 6.19. The number of rotatable bonds is 7. The maximum absolute atomic E-state index is 5.79. The standard InChI is InChI=1S/C17H27NO2/c1-3-5-6-8-15(18-4-2)14-9-10-16-17(13-14)20-12-7-11-19-16/h9-10,13,15,18H,3-8,11-12H2,1-2H3. The molecule has 0 fully saturated rings. The first kappa shape index (κ1) is 15.2. The Morgan fingerprint density at radius 3 is 2.65 bits per heavy atom. The lowest BCUT2D eigenvalue weighted by Gasteiger charge is -2.19. The number of nitrogens with one attached hydrogen (secondary N) is 1. The van der Waals surface area contributed by atoms with Crippen LogP contribution in [0.5, 0.6) is 11.5 Å². The van der Waals surface area contributed by atoms with Gasteiger partial charge in [-0.25, -0.2) is 0 Å². The van der Waals surface area contributed by atoms with Gasteiger partial charge in [0.1, 0.15) is 0 Å². The molecule has 112 valence electrons. The molecule has 1 N–H and O–H groups in total. The van der Waals surface area contributed by atoms with Crippen molar-refractivity contribution in [3.8, 4) is 11.5 Å². The highest BCUT2D eigenvalue weighted by Crippen LogP contribution is 2.33. The Bertz CT molecular complexity index is 406. The number of hydrogen-bond donors (Lipinski definition) is 1. The summed E-state index contributed by atoms with van der Waals surface area (Å²) in [5.41, 5.74) is 1.31. The molecule has 0 aromatic heterocycles. The van der Waals surface area contributed by atoms with Crippen LogP contribution in [0.1, 0.15) is 57.6 Å². The van der Waals surface area contributed by atoms with E-state index in [0.717, 1.165) is 37.7 Å². The van der Waals surface area contributed by atoms with Crippen molar-refractivity contribution in [2.45, 2.75) is 52.0 Å². The fourth-order valence-electron chi connectivity index (χ4n) is 2.63. The van der Waals surface area contributed by atoms with Crippen molar-refractivity contribution in [1.82, 2.24) is 5.32 Å². The molecule has 3 heteroatoms. The lowest BCUT2D eigenvalue weighted by Crippen LogP contribution is -2.20. The molecule has 0 saturated heterocycles. The third-order valence-electron chi connectivity index (χ3n) is 3.72. The summed E-state index contributed by atoms with van der Waals surface area (Å²) in [6, 6.07) is 6.80. The van der Waals surface area contributed by atoms with Crippen LogP contribution in [0, 0.1) is 0 Å². The second-order valence-corrected chi connectivity index (χ2v) is 5.36. The molecular formula is C17H27NO2. The summed E-state index contributed by atoms with van der Waals surface area (Å²) in [4.78, 5) is 0. The van der Waals surface area contributed by atoms with Crippen molar-refractivity contribution in [3.05, 3.63) is 23.8 Å². The van der Waals surface area contributed by atoms with E-state index in [2.05, 4.69) is 37.4 Å². The first-order chi connectivity index (χ1) is 9.85. The van der Waals surface area contributed by atoms with Gasteiger partial charge in [0.05, 0.1) is 13.2 Å². The van der Waals surface area contributed by atoms with Crippen LogP contribution in [0.2, 0.25) is 0 Å². The van der Waals surface area contributed by atoms with Crippen molar-refractivity contribution in [1.29, 1.82) is 0 Å². The van der Waals surface area contributed by atoms with Crippen LogP contribution in [-0.2, 0) is 0 Å². The van der Waals surface area contributed by atoms with E-state index in [1.54, 1.807) is 0 Å². The molecule has 2 rings (SSSR count). The van der Waals surface area contributed by atoms with E-state index in [4.69, 9.17) is 9.47 Å². The van der Waals surface area contributed by atoms with Gasteiger partial charge >= 0.3 is 0 Å². The fourth-order valence-corrected chi connectivity index (χ4v) is 2.63. The topological polar surface area (TPSA) is 30.5 Å². The van der Waals surface area contributed by atoms with Crippen molar-refractivity contribution in [3.63, 3.8) is 0 Å². The average Bonchev–Trinajstić information content (AvgIpc) is 2.71. The highest BCUT2D eigenvalue weighted by atomic mass is 16.5. The largest absolute Gasteiger partial charge is 0.490 e. The second kappa shape index (κ2) is 8.15. The minimum absolute atomic E-state index is 0.420. The van der Waals surface area contributed by atoms with Crippen LogP contribution in [0.15, 0.2) is 18.2 Å². The number of ether oxygens (including phenoxy) is 2. The van der Waals surface area contributed by atoms with E-state index < -0.39 is 0 Å². The Morgan fingerprint density at radius 1 is 1.10 bits per heavy atom. The Morgan fingerprint density at radius 2 is 1.90 bits per heavy atom. The van der Waals surface area contributed by atoms with E-state index >= 15 is 0 Å². The Hall–Kier alpha value is -1.22. The number of unbranched alkanes of at least 4 members (excludes halogenated alkanes) is 2. The maximum Gasteiger partial charge on any atom is 0.161 e. The molecule has 1 aliphatic rings. The molecule has 1 aromatic carbocycles.